The van der Waals surface area contributed by atoms with Crippen LogP contribution in [0.2, 0.25) is 0 Å². The van der Waals surface area contributed by atoms with Crippen LogP contribution in [0.4, 0.5) is 11.4 Å². The van der Waals surface area contributed by atoms with E-state index in [4.69, 9.17) is 4.42 Å². The van der Waals surface area contributed by atoms with Crippen molar-refractivity contribution in [1.82, 2.24) is 0 Å². The van der Waals surface area contributed by atoms with E-state index in [2.05, 4.69) is 176 Å². The highest BCUT2D eigenvalue weighted by molar-refractivity contribution is 5.92. The summed E-state index contributed by atoms with van der Waals surface area (Å²) in [5, 5.41) is 1.24. The Kier molecular flexibility index (Phi) is 7.16. The largest absolute Gasteiger partial charge is 0.456 e. The Morgan fingerprint density at radius 2 is 1.37 bits per heavy atom. The fourth-order valence-corrected chi connectivity index (χ4v) is 8.65. The molecule has 10 rings (SSSR count). The Bertz CT molecular complexity index is 2450. The molecule has 246 valence electrons. The fraction of sp³-hybridized carbons (Fsp3) is 0.143. The number of benzene rings is 5. The third-order valence-electron chi connectivity index (χ3n) is 11.3. The van der Waals surface area contributed by atoms with Crippen molar-refractivity contribution < 1.29 is 4.42 Å². The molecule has 6 aromatic rings. The van der Waals surface area contributed by atoms with E-state index in [9.17, 15) is 0 Å². The van der Waals surface area contributed by atoms with E-state index >= 15 is 0 Å². The standard InChI is InChI=1S/C49H39NO/c1-32-16-27-41(49-48(32)44-14-8-9-15-47(44)51-49)36-19-24-39(25-20-36)50(38-22-17-35(18-23-38)33-10-4-2-5-11-33)40-26-29-43-42-28-21-37(30-45(42)46(43)31-40)34-12-6-3-7-13-34/h3-4,6-15,17-32,43,46H,2,5,16H2,1H3/t32-,43?,46?/m1/s1. The summed E-state index contributed by atoms with van der Waals surface area (Å²) in [5.41, 5.74) is 16.2. The normalized spacial score (nSPS) is 20.0. The molecule has 1 aromatic heterocycles. The van der Waals surface area contributed by atoms with Gasteiger partial charge in [0.25, 0.3) is 0 Å². The molecular formula is C49H39NO. The first-order chi connectivity index (χ1) is 25.2. The van der Waals surface area contributed by atoms with Gasteiger partial charge in [0.2, 0.25) is 0 Å². The number of hydrogen-bond acceptors (Lipinski definition) is 2. The molecule has 0 spiro atoms. The predicted octanol–water partition coefficient (Wildman–Crippen LogP) is 13.2. The monoisotopic (exact) mass is 657 g/mol. The van der Waals surface area contributed by atoms with Crippen LogP contribution in [0.5, 0.6) is 0 Å². The van der Waals surface area contributed by atoms with Crippen molar-refractivity contribution in [3.8, 4) is 11.1 Å². The molecule has 0 aliphatic heterocycles. The van der Waals surface area contributed by atoms with Gasteiger partial charge in [0.05, 0.1) is 0 Å². The summed E-state index contributed by atoms with van der Waals surface area (Å²) < 4.78 is 6.52. The van der Waals surface area contributed by atoms with E-state index in [-0.39, 0.29) is 0 Å². The maximum absolute atomic E-state index is 6.52. The van der Waals surface area contributed by atoms with Gasteiger partial charge >= 0.3 is 0 Å². The van der Waals surface area contributed by atoms with Crippen LogP contribution >= 0.6 is 0 Å². The molecule has 2 nitrogen and oxygen atoms in total. The Balaban J connectivity index is 1.03. The predicted molar refractivity (Wildman–Crippen MR) is 212 cm³/mol. The molecule has 4 aliphatic carbocycles. The van der Waals surface area contributed by atoms with E-state index in [1.165, 1.54) is 61.2 Å². The van der Waals surface area contributed by atoms with Crippen LogP contribution in [-0.2, 0) is 0 Å². The maximum atomic E-state index is 6.52. The van der Waals surface area contributed by atoms with Crippen molar-refractivity contribution in [3.63, 3.8) is 0 Å². The highest BCUT2D eigenvalue weighted by atomic mass is 16.3. The van der Waals surface area contributed by atoms with E-state index in [1.54, 1.807) is 0 Å². The number of nitrogens with zero attached hydrogens (tertiary/aromatic N) is 1. The van der Waals surface area contributed by atoms with Gasteiger partial charge in [0.1, 0.15) is 11.3 Å². The molecule has 3 atom stereocenters. The van der Waals surface area contributed by atoms with Crippen molar-refractivity contribution in [3.05, 3.63) is 203 Å². The van der Waals surface area contributed by atoms with Crippen LogP contribution in [0.25, 0.3) is 33.2 Å². The van der Waals surface area contributed by atoms with Crippen molar-refractivity contribution in [2.45, 2.75) is 43.9 Å². The van der Waals surface area contributed by atoms with Crippen LogP contribution in [0.3, 0.4) is 0 Å². The summed E-state index contributed by atoms with van der Waals surface area (Å²) in [6.07, 6.45) is 19.7. The molecule has 0 amide bonds. The molecule has 1 heterocycles. The molecule has 0 bridgehead atoms. The van der Waals surface area contributed by atoms with Crippen LogP contribution in [0.1, 0.15) is 77.5 Å². The number of furan rings is 1. The summed E-state index contributed by atoms with van der Waals surface area (Å²) in [6.45, 7) is 2.31. The molecule has 0 saturated heterocycles. The molecule has 51 heavy (non-hydrogen) atoms. The number of fused-ring (bicyclic) bond motifs is 7. The lowest BCUT2D eigenvalue weighted by atomic mass is 9.65. The van der Waals surface area contributed by atoms with Gasteiger partial charge in [-0.1, -0.05) is 134 Å². The topological polar surface area (TPSA) is 16.4 Å². The van der Waals surface area contributed by atoms with Crippen molar-refractivity contribution in [2.24, 2.45) is 0 Å². The molecule has 5 aromatic carbocycles. The fourth-order valence-electron chi connectivity index (χ4n) is 8.65. The lowest BCUT2D eigenvalue weighted by molar-refractivity contribution is 0.581. The zero-order valence-electron chi connectivity index (χ0n) is 28.8. The summed E-state index contributed by atoms with van der Waals surface area (Å²) in [6, 6.07) is 44.4. The number of para-hydroxylation sites is 1. The highest BCUT2D eigenvalue weighted by Crippen LogP contribution is 2.53. The molecular weight excluding hydrogens is 619 g/mol. The van der Waals surface area contributed by atoms with Gasteiger partial charge in [0.15, 0.2) is 0 Å². The second-order valence-electron chi connectivity index (χ2n) is 14.4. The van der Waals surface area contributed by atoms with E-state index in [0.717, 1.165) is 42.0 Å². The molecule has 0 radical (unpaired) electrons. The summed E-state index contributed by atoms with van der Waals surface area (Å²) in [7, 11) is 0. The van der Waals surface area contributed by atoms with E-state index in [0.29, 0.717) is 17.8 Å². The van der Waals surface area contributed by atoms with Crippen LogP contribution < -0.4 is 4.90 Å². The van der Waals surface area contributed by atoms with Crippen LogP contribution in [-0.4, -0.2) is 0 Å². The zero-order valence-corrected chi connectivity index (χ0v) is 28.8. The number of hydrogen-bond donors (Lipinski definition) is 0. The number of anilines is 2. The first-order valence-electron chi connectivity index (χ1n) is 18.4. The quantitative estimate of drug-likeness (QED) is 0.177. The average Bonchev–Trinajstić information content (AvgIpc) is 3.59. The van der Waals surface area contributed by atoms with Crippen molar-refractivity contribution in [1.29, 1.82) is 0 Å². The highest BCUT2D eigenvalue weighted by Gasteiger charge is 2.37. The molecule has 4 aliphatic rings. The smallest absolute Gasteiger partial charge is 0.139 e. The Morgan fingerprint density at radius 3 is 2.16 bits per heavy atom. The van der Waals surface area contributed by atoms with E-state index < -0.39 is 0 Å². The molecule has 0 fully saturated rings. The van der Waals surface area contributed by atoms with Gasteiger partial charge < -0.3 is 9.32 Å². The third kappa shape index (κ3) is 5.09. The van der Waals surface area contributed by atoms with Gasteiger partial charge in [-0.3, -0.25) is 0 Å². The summed E-state index contributed by atoms with van der Waals surface area (Å²) in [4.78, 5) is 2.42. The summed E-state index contributed by atoms with van der Waals surface area (Å²) >= 11 is 0. The second-order valence-corrected chi connectivity index (χ2v) is 14.4. The maximum Gasteiger partial charge on any atom is 0.139 e. The van der Waals surface area contributed by atoms with Crippen LogP contribution in [0.15, 0.2) is 174 Å². The number of rotatable bonds is 6. The Labute approximate surface area is 300 Å². The van der Waals surface area contributed by atoms with Gasteiger partial charge in [-0.05, 0) is 101 Å². The summed E-state index contributed by atoms with van der Waals surface area (Å²) in [5.74, 6) is 2.22. The minimum Gasteiger partial charge on any atom is -0.456 e. The molecule has 2 unspecified atom stereocenters. The van der Waals surface area contributed by atoms with Crippen LogP contribution in [0, 0.1) is 0 Å². The minimum atomic E-state index is 0.350. The zero-order chi connectivity index (χ0) is 33.9. The van der Waals surface area contributed by atoms with Crippen molar-refractivity contribution >= 4 is 33.5 Å². The molecule has 2 heteroatoms. The first kappa shape index (κ1) is 30.0. The molecule has 0 saturated carbocycles. The average molecular weight is 658 g/mol. The van der Waals surface area contributed by atoms with Crippen molar-refractivity contribution in [2.75, 3.05) is 4.90 Å². The first-order valence-corrected chi connectivity index (χ1v) is 18.4. The number of allylic oxidation sites excluding steroid dienone is 8. The van der Waals surface area contributed by atoms with E-state index in [1.807, 2.05) is 0 Å². The lowest BCUT2D eigenvalue weighted by Gasteiger charge is -2.41. The minimum absolute atomic E-state index is 0.350. The second kappa shape index (κ2) is 12.2. The lowest BCUT2D eigenvalue weighted by Crippen LogP contribution is -2.27. The Hall–Kier alpha value is -5.86. The van der Waals surface area contributed by atoms with Gasteiger partial charge in [-0.2, -0.15) is 0 Å². The van der Waals surface area contributed by atoms with Gasteiger partial charge in [-0.15, -0.1) is 0 Å². The SMILES string of the molecule is C[C@@H]1CC=C(c2ccc(N(C3=CC4c5cc(-c6ccccc6)ccc5C4C=C3)c3ccc(C4=CCCC=C4)cc3)cc2)c2oc3ccccc3c21. The third-order valence-corrected chi connectivity index (χ3v) is 11.3. The van der Waals surface area contributed by atoms with Gasteiger partial charge in [0, 0.05) is 45.4 Å². The Morgan fingerprint density at radius 1 is 0.627 bits per heavy atom. The molecule has 0 N–H and O–H groups in total. The van der Waals surface area contributed by atoms with Gasteiger partial charge in [-0.25, -0.2) is 0 Å².